The number of piperidine rings is 1. The summed E-state index contributed by atoms with van der Waals surface area (Å²) in [5.74, 6) is -0.236. The first-order chi connectivity index (χ1) is 14.8. The van der Waals surface area contributed by atoms with E-state index in [2.05, 4.69) is 33.1 Å². The van der Waals surface area contributed by atoms with Crippen LogP contribution in [0.2, 0.25) is 15.1 Å². The predicted octanol–water partition coefficient (Wildman–Crippen LogP) is 6.70. The zero-order valence-corrected chi connectivity index (χ0v) is 21.1. The van der Waals surface area contributed by atoms with Crippen LogP contribution in [0.3, 0.4) is 0 Å². The predicted molar refractivity (Wildman–Crippen MR) is 135 cm³/mol. The lowest BCUT2D eigenvalue weighted by Gasteiger charge is -2.31. The van der Waals surface area contributed by atoms with E-state index in [4.69, 9.17) is 34.8 Å². The zero-order valence-electron chi connectivity index (χ0n) is 16.7. The highest BCUT2D eigenvalue weighted by molar-refractivity contribution is 14.1. The fourth-order valence-corrected chi connectivity index (χ4v) is 5.16. The Balaban J connectivity index is 1.80. The zero-order chi connectivity index (χ0) is 22.1. The number of nitrogens with one attached hydrogen (secondary N) is 1. The SMILES string of the molecule is Cc1c(C(=O)NN2CCCCC2I)nn(-c2ccc(Cl)cc2Cl)c1-c1ccc(Cl)cc1. The molecule has 0 bridgehead atoms. The van der Waals surface area contributed by atoms with E-state index in [1.165, 1.54) is 6.42 Å². The molecular weight excluding hydrogens is 570 g/mol. The van der Waals surface area contributed by atoms with Gasteiger partial charge in [-0.2, -0.15) is 5.10 Å². The Hall–Kier alpha value is -1.32. The molecule has 1 amide bonds. The summed E-state index contributed by atoms with van der Waals surface area (Å²) < 4.78 is 1.96. The lowest BCUT2D eigenvalue weighted by molar-refractivity contribution is 0.0725. The Labute approximate surface area is 209 Å². The van der Waals surface area contributed by atoms with Crippen LogP contribution in [-0.4, -0.2) is 31.3 Å². The summed E-state index contributed by atoms with van der Waals surface area (Å²) in [6.45, 7) is 2.72. The smallest absolute Gasteiger partial charge is 0.282 e. The van der Waals surface area contributed by atoms with Crippen molar-refractivity contribution in [3.8, 4) is 16.9 Å². The normalized spacial score (nSPS) is 17.0. The third-order valence-electron chi connectivity index (χ3n) is 5.27. The highest BCUT2D eigenvalue weighted by Gasteiger charge is 2.27. The van der Waals surface area contributed by atoms with Crippen LogP contribution in [0.25, 0.3) is 16.9 Å². The number of carbonyl (C=O) groups is 1. The first-order valence-electron chi connectivity index (χ1n) is 9.88. The number of hydrogen-bond donors (Lipinski definition) is 1. The molecule has 1 atom stereocenters. The second kappa shape index (κ2) is 9.67. The van der Waals surface area contributed by atoms with E-state index in [1.807, 2.05) is 36.2 Å². The van der Waals surface area contributed by atoms with E-state index >= 15 is 0 Å². The van der Waals surface area contributed by atoms with Crippen LogP contribution in [0.1, 0.15) is 35.3 Å². The summed E-state index contributed by atoms with van der Waals surface area (Å²) in [6.07, 6.45) is 3.28. The first-order valence-corrected chi connectivity index (χ1v) is 12.3. The molecule has 3 aromatic rings. The highest BCUT2D eigenvalue weighted by atomic mass is 127. The monoisotopic (exact) mass is 588 g/mol. The summed E-state index contributed by atoms with van der Waals surface area (Å²) >= 11 is 21.0. The maximum atomic E-state index is 13.2. The summed E-state index contributed by atoms with van der Waals surface area (Å²) in [4.78, 5) is 13.2. The number of hydrogen-bond acceptors (Lipinski definition) is 3. The lowest BCUT2D eigenvalue weighted by Crippen LogP contribution is -2.48. The van der Waals surface area contributed by atoms with Gasteiger partial charge in [0.15, 0.2) is 5.69 Å². The van der Waals surface area contributed by atoms with Gasteiger partial charge in [-0.3, -0.25) is 10.2 Å². The number of benzene rings is 2. The standard InChI is InChI=1S/C22H20Cl3IN4O/c1-13-20(22(31)28-29-11-3-2-4-19(29)26)27-30(18-10-9-16(24)12-17(18)25)21(13)14-5-7-15(23)8-6-14/h5-10,12,19H,2-4,11H2,1H3,(H,28,31). The maximum Gasteiger partial charge on any atom is 0.286 e. The number of halogens is 4. The molecule has 5 nitrogen and oxygen atoms in total. The molecule has 1 N–H and O–H groups in total. The quantitative estimate of drug-likeness (QED) is 0.209. The molecule has 2 heterocycles. The topological polar surface area (TPSA) is 50.2 Å². The highest BCUT2D eigenvalue weighted by Crippen LogP contribution is 2.33. The summed E-state index contributed by atoms with van der Waals surface area (Å²) in [5.41, 5.74) is 6.44. The molecule has 1 unspecified atom stereocenters. The Bertz CT molecular complexity index is 1120. The van der Waals surface area contributed by atoms with Gasteiger partial charge in [0.05, 0.1) is 20.5 Å². The number of aromatic nitrogens is 2. The Morgan fingerprint density at radius 2 is 1.81 bits per heavy atom. The van der Waals surface area contributed by atoms with E-state index in [0.29, 0.717) is 26.4 Å². The first kappa shape index (κ1) is 22.9. The van der Waals surface area contributed by atoms with Gasteiger partial charge in [0.1, 0.15) is 0 Å². The molecule has 0 saturated carbocycles. The van der Waals surface area contributed by atoms with Crippen molar-refractivity contribution in [3.63, 3.8) is 0 Å². The van der Waals surface area contributed by atoms with Crippen LogP contribution in [0.4, 0.5) is 0 Å². The molecule has 31 heavy (non-hydrogen) atoms. The summed E-state index contributed by atoms with van der Waals surface area (Å²) in [5, 5.41) is 8.27. The third-order valence-corrected chi connectivity index (χ3v) is 7.35. The van der Waals surface area contributed by atoms with Gasteiger partial charge in [0.25, 0.3) is 5.91 Å². The molecule has 1 aromatic heterocycles. The molecule has 1 saturated heterocycles. The van der Waals surface area contributed by atoms with Crippen molar-refractivity contribution in [1.82, 2.24) is 20.2 Å². The van der Waals surface area contributed by atoms with Gasteiger partial charge in [0.2, 0.25) is 0 Å². The molecular formula is C22H20Cl3IN4O. The second-order valence-electron chi connectivity index (χ2n) is 7.40. The Morgan fingerprint density at radius 3 is 2.48 bits per heavy atom. The van der Waals surface area contributed by atoms with Crippen molar-refractivity contribution in [2.45, 2.75) is 30.2 Å². The number of nitrogens with zero attached hydrogens (tertiary/aromatic N) is 3. The van der Waals surface area contributed by atoms with Crippen LogP contribution >= 0.6 is 57.4 Å². The van der Waals surface area contributed by atoms with Gasteiger partial charge in [-0.25, -0.2) is 9.69 Å². The van der Waals surface area contributed by atoms with E-state index in [-0.39, 0.29) is 9.96 Å². The van der Waals surface area contributed by atoms with Gasteiger partial charge in [-0.1, -0.05) is 69.5 Å². The minimum Gasteiger partial charge on any atom is -0.282 e. The molecule has 1 aliphatic heterocycles. The van der Waals surface area contributed by atoms with E-state index < -0.39 is 0 Å². The molecule has 1 fully saturated rings. The molecule has 0 spiro atoms. The van der Waals surface area contributed by atoms with E-state index in [1.54, 1.807) is 22.9 Å². The molecule has 4 rings (SSSR count). The maximum absolute atomic E-state index is 13.2. The van der Waals surface area contributed by atoms with Crippen LogP contribution in [0, 0.1) is 6.92 Å². The number of alkyl halides is 1. The fourth-order valence-electron chi connectivity index (χ4n) is 3.69. The fraction of sp³-hybridized carbons (Fsp3) is 0.273. The van der Waals surface area contributed by atoms with Gasteiger partial charge in [0, 0.05) is 27.7 Å². The molecule has 0 aliphatic carbocycles. The van der Waals surface area contributed by atoms with Crippen molar-refractivity contribution in [2.24, 2.45) is 0 Å². The van der Waals surface area contributed by atoms with Crippen molar-refractivity contribution < 1.29 is 4.79 Å². The van der Waals surface area contributed by atoms with Crippen molar-refractivity contribution in [1.29, 1.82) is 0 Å². The van der Waals surface area contributed by atoms with Gasteiger partial charge in [-0.15, -0.1) is 0 Å². The summed E-state index contributed by atoms with van der Waals surface area (Å²) in [6, 6.07) is 12.6. The van der Waals surface area contributed by atoms with Crippen LogP contribution in [0.15, 0.2) is 42.5 Å². The largest absolute Gasteiger partial charge is 0.286 e. The van der Waals surface area contributed by atoms with Crippen molar-refractivity contribution in [2.75, 3.05) is 6.54 Å². The van der Waals surface area contributed by atoms with Crippen molar-refractivity contribution in [3.05, 3.63) is 68.8 Å². The van der Waals surface area contributed by atoms with Gasteiger partial charge < -0.3 is 0 Å². The second-order valence-corrected chi connectivity index (χ2v) is 10.1. The van der Waals surface area contributed by atoms with Crippen molar-refractivity contribution >= 4 is 63.3 Å². The molecule has 9 heteroatoms. The van der Waals surface area contributed by atoms with Crippen LogP contribution in [-0.2, 0) is 0 Å². The number of carbonyl (C=O) groups excluding carboxylic acids is 1. The lowest BCUT2D eigenvalue weighted by atomic mass is 10.1. The molecule has 2 aromatic carbocycles. The molecule has 0 radical (unpaired) electrons. The molecule has 1 aliphatic rings. The average Bonchev–Trinajstić information content (AvgIpc) is 3.07. The number of rotatable bonds is 4. The van der Waals surface area contributed by atoms with Crippen LogP contribution in [0.5, 0.6) is 0 Å². The van der Waals surface area contributed by atoms with Gasteiger partial charge >= 0.3 is 0 Å². The minimum absolute atomic E-state index is 0.236. The van der Waals surface area contributed by atoms with E-state index in [0.717, 1.165) is 36.2 Å². The number of hydrazine groups is 1. The van der Waals surface area contributed by atoms with Gasteiger partial charge in [-0.05, 0) is 56.5 Å². The van der Waals surface area contributed by atoms with E-state index in [9.17, 15) is 4.79 Å². The Kier molecular flexibility index (Phi) is 7.13. The number of amides is 1. The summed E-state index contributed by atoms with van der Waals surface area (Å²) in [7, 11) is 0. The average molecular weight is 590 g/mol. The Morgan fingerprint density at radius 1 is 1.10 bits per heavy atom. The molecule has 162 valence electrons. The third kappa shape index (κ3) is 4.88. The minimum atomic E-state index is -0.236. The van der Waals surface area contributed by atoms with Crippen LogP contribution < -0.4 is 5.43 Å².